The molecule has 3 rings (SSSR count). The molecule has 0 aromatic heterocycles. The van der Waals surface area contributed by atoms with Crippen LogP contribution < -0.4 is 0 Å². The van der Waals surface area contributed by atoms with Crippen LogP contribution in [0.3, 0.4) is 0 Å². The fourth-order valence-electron chi connectivity index (χ4n) is 2.10. The standard InChI is InChI=1S/C10H14.2C5H5.Zr/c1-3-9-7-5-6-8-10(9)4-2;2*1-2-4-5-3-1;/h5-8H2,1-2H3;2*1-5H;/q-2;2*-1;+4. The quantitative estimate of drug-likeness (QED) is 0.529. The average Bonchev–Trinajstić information content (AvgIpc) is 3.23. The Bertz CT molecular complexity index is 364. The predicted molar refractivity (Wildman–Crippen MR) is 87.4 cm³/mol. The van der Waals surface area contributed by atoms with Gasteiger partial charge < -0.3 is 23.3 Å². The van der Waals surface area contributed by atoms with E-state index in [4.69, 9.17) is 0 Å². The molecular formula is C20H24Zr. The minimum Gasteiger partial charge on any atom is -0.376 e. The van der Waals surface area contributed by atoms with Crippen molar-refractivity contribution in [2.24, 2.45) is 0 Å². The van der Waals surface area contributed by atoms with E-state index < -0.39 is 0 Å². The summed E-state index contributed by atoms with van der Waals surface area (Å²) >= 11 is 0. The van der Waals surface area contributed by atoms with Crippen molar-refractivity contribution in [1.82, 2.24) is 0 Å². The Hall–Kier alpha value is -0.677. The zero-order chi connectivity index (χ0) is 14.5. The van der Waals surface area contributed by atoms with E-state index in [9.17, 15) is 0 Å². The van der Waals surface area contributed by atoms with Crippen molar-refractivity contribution in [3.8, 4) is 0 Å². The minimum absolute atomic E-state index is 0. The molecule has 0 unspecified atom stereocenters. The van der Waals surface area contributed by atoms with E-state index in [0.29, 0.717) is 0 Å². The second kappa shape index (κ2) is 14.3. The van der Waals surface area contributed by atoms with Crippen LogP contribution in [0.4, 0.5) is 0 Å². The topological polar surface area (TPSA) is 0 Å². The molecule has 2 aliphatic rings. The van der Waals surface area contributed by atoms with Gasteiger partial charge >= 0.3 is 26.2 Å². The summed E-state index contributed by atoms with van der Waals surface area (Å²) in [6.45, 7) is 4.00. The molecule has 0 aliphatic heterocycles. The SMILES string of the molecule is C[C-]=C1CCCCC1=[C-]C.[CH]1[CH][CH-]C=C1.[Zr+4].c1cc[cH-]c1. The van der Waals surface area contributed by atoms with Crippen LogP contribution in [-0.4, -0.2) is 0 Å². The van der Waals surface area contributed by atoms with Crippen LogP contribution in [-0.2, 0) is 26.2 Å². The van der Waals surface area contributed by atoms with Gasteiger partial charge in [0.25, 0.3) is 0 Å². The zero-order valence-corrected chi connectivity index (χ0v) is 15.6. The third-order valence-corrected chi connectivity index (χ3v) is 3.18. The van der Waals surface area contributed by atoms with Gasteiger partial charge in [0, 0.05) is 0 Å². The van der Waals surface area contributed by atoms with Crippen molar-refractivity contribution in [2.75, 3.05) is 0 Å². The molecule has 108 valence electrons. The van der Waals surface area contributed by atoms with Gasteiger partial charge in [0.15, 0.2) is 0 Å². The second-order valence-electron chi connectivity index (χ2n) is 4.59. The van der Waals surface area contributed by atoms with Gasteiger partial charge in [-0.25, -0.2) is 30.7 Å². The van der Waals surface area contributed by atoms with Crippen molar-refractivity contribution in [2.45, 2.75) is 39.5 Å². The molecule has 0 spiro atoms. The van der Waals surface area contributed by atoms with Crippen molar-refractivity contribution in [1.29, 1.82) is 0 Å². The Morgan fingerprint density at radius 1 is 0.952 bits per heavy atom. The Morgan fingerprint density at radius 2 is 1.52 bits per heavy atom. The van der Waals surface area contributed by atoms with E-state index in [-0.39, 0.29) is 26.2 Å². The van der Waals surface area contributed by atoms with Crippen molar-refractivity contribution >= 4 is 0 Å². The summed E-state index contributed by atoms with van der Waals surface area (Å²) in [4.78, 5) is 0. The van der Waals surface area contributed by atoms with Crippen LogP contribution in [0, 0.1) is 31.4 Å². The molecule has 0 bridgehead atoms. The van der Waals surface area contributed by atoms with Crippen LogP contribution in [0.15, 0.2) is 53.6 Å². The smallest absolute Gasteiger partial charge is 0.376 e. The molecule has 1 aromatic carbocycles. The molecule has 2 radical (unpaired) electrons. The van der Waals surface area contributed by atoms with E-state index in [2.05, 4.69) is 12.2 Å². The maximum atomic E-state index is 3.22. The summed E-state index contributed by atoms with van der Waals surface area (Å²) in [5.74, 6) is 0. The largest absolute Gasteiger partial charge is 4.00 e. The molecule has 0 heterocycles. The van der Waals surface area contributed by atoms with Crippen molar-refractivity contribution in [3.63, 3.8) is 0 Å². The Morgan fingerprint density at radius 3 is 1.76 bits per heavy atom. The monoisotopic (exact) mass is 354 g/mol. The minimum atomic E-state index is 0. The van der Waals surface area contributed by atoms with Crippen LogP contribution in [0.2, 0.25) is 0 Å². The molecule has 1 aromatic rings. The summed E-state index contributed by atoms with van der Waals surface area (Å²) in [6, 6.07) is 10.0. The third-order valence-electron chi connectivity index (χ3n) is 3.18. The first kappa shape index (κ1) is 20.3. The van der Waals surface area contributed by atoms with Crippen molar-refractivity contribution in [3.05, 3.63) is 85.0 Å². The van der Waals surface area contributed by atoms with Gasteiger partial charge in [0.2, 0.25) is 0 Å². The molecule has 0 saturated heterocycles. The van der Waals surface area contributed by atoms with Gasteiger partial charge in [0.05, 0.1) is 0 Å². The van der Waals surface area contributed by atoms with E-state index in [1.54, 1.807) is 0 Å². The molecule has 2 aliphatic carbocycles. The molecule has 1 heteroatoms. The molecule has 1 fully saturated rings. The second-order valence-corrected chi connectivity index (χ2v) is 4.59. The van der Waals surface area contributed by atoms with Crippen LogP contribution >= 0.6 is 0 Å². The predicted octanol–water partition coefficient (Wildman–Crippen LogP) is 5.63. The zero-order valence-electron chi connectivity index (χ0n) is 13.1. The van der Waals surface area contributed by atoms with Gasteiger partial charge in [-0.05, 0) is 0 Å². The Balaban J connectivity index is 0.000000307. The summed E-state index contributed by atoms with van der Waals surface area (Å²) in [5.41, 5.74) is 2.79. The molecule has 0 atom stereocenters. The van der Waals surface area contributed by atoms with Gasteiger partial charge in [-0.15, -0.1) is 39.5 Å². The Labute approximate surface area is 150 Å². The number of hydrogen-bond donors (Lipinski definition) is 0. The summed E-state index contributed by atoms with van der Waals surface area (Å²) in [6.07, 6.45) is 21.5. The third kappa shape index (κ3) is 9.80. The average molecular weight is 356 g/mol. The van der Waals surface area contributed by atoms with E-state index in [0.717, 1.165) is 0 Å². The van der Waals surface area contributed by atoms with E-state index in [1.807, 2.05) is 75.6 Å². The molecule has 0 amide bonds. The van der Waals surface area contributed by atoms with Gasteiger partial charge in [-0.3, -0.25) is 0 Å². The molecule has 0 N–H and O–H groups in total. The number of rotatable bonds is 0. The summed E-state index contributed by atoms with van der Waals surface area (Å²) < 4.78 is 0. The molecular weight excluding hydrogens is 331 g/mol. The molecule has 21 heavy (non-hydrogen) atoms. The van der Waals surface area contributed by atoms with E-state index in [1.165, 1.54) is 36.8 Å². The maximum Gasteiger partial charge on any atom is 4.00 e. The summed E-state index contributed by atoms with van der Waals surface area (Å²) in [5, 5.41) is 0. The van der Waals surface area contributed by atoms with Gasteiger partial charge in [-0.1, -0.05) is 12.8 Å². The summed E-state index contributed by atoms with van der Waals surface area (Å²) in [7, 11) is 0. The van der Waals surface area contributed by atoms with Crippen molar-refractivity contribution < 1.29 is 26.2 Å². The number of allylic oxidation sites excluding steroid dienone is 6. The van der Waals surface area contributed by atoms with Gasteiger partial charge in [0.1, 0.15) is 0 Å². The first-order chi connectivity index (χ1) is 9.88. The Kier molecular flexibility index (Phi) is 13.8. The molecule has 0 nitrogen and oxygen atoms in total. The molecule has 1 saturated carbocycles. The fraction of sp³-hybridized carbons (Fsp3) is 0.300. The van der Waals surface area contributed by atoms with Crippen LogP contribution in [0.1, 0.15) is 39.5 Å². The van der Waals surface area contributed by atoms with Crippen LogP contribution in [0.5, 0.6) is 0 Å². The van der Waals surface area contributed by atoms with E-state index >= 15 is 0 Å². The van der Waals surface area contributed by atoms with Gasteiger partial charge in [-0.2, -0.15) is 18.2 Å². The first-order valence-electron chi connectivity index (χ1n) is 7.29. The fourth-order valence-corrected chi connectivity index (χ4v) is 2.10. The number of hydrogen-bond acceptors (Lipinski definition) is 0. The maximum absolute atomic E-state index is 3.22. The first-order valence-corrected chi connectivity index (χ1v) is 7.29. The van der Waals surface area contributed by atoms with Crippen LogP contribution in [0.25, 0.3) is 0 Å². The normalized spacial score (nSPS) is 19.7.